The summed E-state index contributed by atoms with van der Waals surface area (Å²) in [6, 6.07) is 5.91. The van der Waals surface area contributed by atoms with E-state index < -0.39 is 0 Å². The largest absolute Gasteiger partial charge is 0.469 e. The number of aryl methyl sites for hydroxylation is 1. The van der Waals surface area contributed by atoms with Crippen molar-refractivity contribution in [2.45, 2.75) is 18.7 Å². The Balaban J connectivity index is 2.70. The van der Waals surface area contributed by atoms with Gasteiger partial charge in [0.25, 0.3) is 0 Å². The fourth-order valence-corrected chi connectivity index (χ4v) is 1.85. The van der Waals surface area contributed by atoms with Gasteiger partial charge in [-0.1, -0.05) is 28.1 Å². The molecule has 0 amide bonds. The summed E-state index contributed by atoms with van der Waals surface area (Å²) in [6.07, 6.45) is 1.05. The Bertz CT molecular complexity index is 352. The molecule has 1 aromatic carbocycles. The molecule has 0 N–H and O–H groups in total. The number of benzene rings is 1. The number of methoxy groups -OCH3 is 1. The van der Waals surface area contributed by atoms with Gasteiger partial charge in [-0.25, -0.2) is 0 Å². The van der Waals surface area contributed by atoms with Crippen molar-refractivity contribution in [1.29, 1.82) is 0 Å². The molecule has 0 fully saturated rings. The highest BCUT2D eigenvalue weighted by atomic mass is 79.9. The molecule has 4 heteroatoms. The third kappa shape index (κ3) is 3.84. The molecule has 0 unspecified atom stereocenters. The average molecular weight is 292 g/mol. The van der Waals surface area contributed by atoms with Crippen molar-refractivity contribution in [3.8, 4) is 0 Å². The first-order valence-electron chi connectivity index (χ1n) is 4.57. The van der Waals surface area contributed by atoms with E-state index in [9.17, 15) is 4.79 Å². The first-order chi connectivity index (χ1) is 7.17. The quantitative estimate of drug-likeness (QED) is 0.628. The zero-order valence-corrected chi connectivity index (χ0v) is 10.8. The van der Waals surface area contributed by atoms with Crippen LogP contribution < -0.4 is 0 Å². The molecule has 0 aromatic heterocycles. The van der Waals surface area contributed by atoms with Gasteiger partial charge in [-0.15, -0.1) is 11.6 Å². The summed E-state index contributed by atoms with van der Waals surface area (Å²) in [5.74, 6) is 0.288. The predicted octanol–water partition coefficient (Wildman–Crippen LogP) is 3.29. The first-order valence-corrected chi connectivity index (χ1v) is 5.90. The van der Waals surface area contributed by atoms with Crippen molar-refractivity contribution in [3.05, 3.63) is 33.8 Å². The summed E-state index contributed by atoms with van der Waals surface area (Å²) >= 11 is 9.17. The Kier molecular flexibility index (Phi) is 5.12. The maximum absolute atomic E-state index is 11.0. The maximum Gasteiger partial charge on any atom is 0.305 e. The number of hydrogen-bond acceptors (Lipinski definition) is 2. The van der Waals surface area contributed by atoms with Crippen molar-refractivity contribution in [2.24, 2.45) is 0 Å². The van der Waals surface area contributed by atoms with Crippen LogP contribution in [0.5, 0.6) is 0 Å². The molecular formula is C11H12BrClO2. The fourth-order valence-electron chi connectivity index (χ4n) is 1.24. The van der Waals surface area contributed by atoms with Crippen LogP contribution in [0, 0.1) is 0 Å². The van der Waals surface area contributed by atoms with Gasteiger partial charge in [0.1, 0.15) is 0 Å². The number of ether oxygens (including phenoxy) is 1. The molecule has 1 aromatic rings. The van der Waals surface area contributed by atoms with Gasteiger partial charge in [0, 0.05) is 16.8 Å². The summed E-state index contributed by atoms with van der Waals surface area (Å²) in [7, 11) is 1.40. The van der Waals surface area contributed by atoms with Crippen LogP contribution in [0.25, 0.3) is 0 Å². The van der Waals surface area contributed by atoms with Gasteiger partial charge < -0.3 is 4.74 Å². The van der Waals surface area contributed by atoms with Crippen molar-refractivity contribution < 1.29 is 9.53 Å². The molecule has 0 aliphatic heterocycles. The average Bonchev–Trinajstić information content (AvgIpc) is 2.27. The minimum absolute atomic E-state index is 0.196. The third-order valence-corrected chi connectivity index (χ3v) is 3.17. The molecule has 0 atom stereocenters. The molecule has 2 nitrogen and oxygen atoms in total. The lowest BCUT2D eigenvalue weighted by Gasteiger charge is -2.05. The van der Waals surface area contributed by atoms with Gasteiger partial charge >= 0.3 is 5.97 Å². The Hall–Kier alpha value is -0.540. The highest BCUT2D eigenvalue weighted by molar-refractivity contribution is 9.10. The summed E-state index contributed by atoms with van der Waals surface area (Å²) in [5, 5.41) is 0. The van der Waals surface area contributed by atoms with Crippen molar-refractivity contribution in [3.63, 3.8) is 0 Å². The third-order valence-electron chi connectivity index (χ3n) is 2.09. The smallest absolute Gasteiger partial charge is 0.305 e. The minimum Gasteiger partial charge on any atom is -0.469 e. The van der Waals surface area contributed by atoms with Crippen molar-refractivity contribution >= 4 is 33.5 Å². The van der Waals surface area contributed by atoms with Gasteiger partial charge in [0.15, 0.2) is 0 Å². The highest BCUT2D eigenvalue weighted by Gasteiger charge is 2.05. The van der Waals surface area contributed by atoms with Crippen LogP contribution in [0.4, 0.5) is 0 Å². The Morgan fingerprint density at radius 2 is 2.27 bits per heavy atom. The van der Waals surface area contributed by atoms with E-state index in [1.54, 1.807) is 0 Å². The fraction of sp³-hybridized carbons (Fsp3) is 0.364. The van der Waals surface area contributed by atoms with Crippen molar-refractivity contribution in [1.82, 2.24) is 0 Å². The Morgan fingerprint density at radius 1 is 1.53 bits per heavy atom. The Morgan fingerprint density at radius 3 is 2.87 bits per heavy atom. The van der Waals surface area contributed by atoms with E-state index >= 15 is 0 Å². The van der Waals surface area contributed by atoms with E-state index in [1.807, 2.05) is 18.2 Å². The van der Waals surface area contributed by atoms with Crippen molar-refractivity contribution in [2.75, 3.05) is 7.11 Å². The topological polar surface area (TPSA) is 26.3 Å². The second kappa shape index (κ2) is 6.13. The van der Waals surface area contributed by atoms with Gasteiger partial charge in [-0.05, 0) is 23.6 Å². The lowest BCUT2D eigenvalue weighted by molar-refractivity contribution is -0.140. The Labute approximate surface area is 103 Å². The molecule has 0 spiro atoms. The lowest BCUT2D eigenvalue weighted by atomic mass is 10.1. The van der Waals surface area contributed by atoms with Crippen LogP contribution in [0.2, 0.25) is 0 Å². The van der Waals surface area contributed by atoms with Crippen LogP contribution in [-0.4, -0.2) is 13.1 Å². The van der Waals surface area contributed by atoms with Crippen LogP contribution in [0.3, 0.4) is 0 Å². The number of carbonyl (C=O) groups is 1. The van der Waals surface area contributed by atoms with Gasteiger partial charge in [-0.3, -0.25) is 4.79 Å². The van der Waals surface area contributed by atoms with Crippen LogP contribution in [-0.2, 0) is 21.8 Å². The number of rotatable bonds is 4. The molecule has 82 valence electrons. The predicted molar refractivity (Wildman–Crippen MR) is 64.0 cm³/mol. The summed E-state index contributed by atoms with van der Waals surface area (Å²) in [6.45, 7) is 0. The number of hydrogen-bond donors (Lipinski definition) is 0. The zero-order chi connectivity index (χ0) is 11.3. The molecule has 15 heavy (non-hydrogen) atoms. The van der Waals surface area contributed by atoms with E-state index in [1.165, 1.54) is 7.11 Å². The van der Waals surface area contributed by atoms with Crippen LogP contribution in [0.15, 0.2) is 22.7 Å². The standard InChI is InChI=1S/C11H12BrClO2/c1-15-11(14)5-3-9-6-8(7-13)2-4-10(9)12/h2,4,6H,3,5,7H2,1H3. The molecule has 0 aliphatic carbocycles. The second-order valence-corrected chi connectivity index (χ2v) is 4.26. The lowest BCUT2D eigenvalue weighted by Crippen LogP contribution is -2.02. The monoisotopic (exact) mass is 290 g/mol. The van der Waals surface area contributed by atoms with E-state index in [2.05, 4.69) is 20.7 Å². The van der Waals surface area contributed by atoms with Gasteiger partial charge in [-0.2, -0.15) is 0 Å². The summed E-state index contributed by atoms with van der Waals surface area (Å²) in [5.41, 5.74) is 2.14. The van der Waals surface area contributed by atoms with Crippen LogP contribution >= 0.6 is 27.5 Å². The maximum atomic E-state index is 11.0. The number of alkyl halides is 1. The molecule has 0 heterocycles. The minimum atomic E-state index is -0.196. The van der Waals surface area contributed by atoms with E-state index in [0.717, 1.165) is 15.6 Å². The first kappa shape index (κ1) is 12.5. The van der Waals surface area contributed by atoms with Crippen LogP contribution in [0.1, 0.15) is 17.5 Å². The SMILES string of the molecule is COC(=O)CCc1cc(CCl)ccc1Br. The molecule has 0 radical (unpaired) electrons. The number of carbonyl (C=O) groups excluding carboxylic acids is 1. The molecule has 0 aliphatic rings. The van der Waals surface area contributed by atoms with E-state index in [-0.39, 0.29) is 5.97 Å². The van der Waals surface area contributed by atoms with E-state index in [4.69, 9.17) is 11.6 Å². The molecule has 0 saturated heterocycles. The molecule has 0 saturated carbocycles. The summed E-state index contributed by atoms with van der Waals surface area (Å²) in [4.78, 5) is 11.0. The second-order valence-electron chi connectivity index (χ2n) is 3.14. The molecule has 1 rings (SSSR count). The zero-order valence-electron chi connectivity index (χ0n) is 8.43. The summed E-state index contributed by atoms with van der Waals surface area (Å²) < 4.78 is 5.59. The van der Waals surface area contributed by atoms with Gasteiger partial charge in [0.2, 0.25) is 0 Å². The number of esters is 1. The molecule has 0 bridgehead atoms. The highest BCUT2D eigenvalue weighted by Crippen LogP contribution is 2.20. The number of halogens is 2. The van der Waals surface area contributed by atoms with E-state index in [0.29, 0.717) is 18.7 Å². The van der Waals surface area contributed by atoms with Gasteiger partial charge in [0.05, 0.1) is 7.11 Å². The molecular weight excluding hydrogens is 279 g/mol. The normalized spacial score (nSPS) is 10.1.